The third-order valence-electron chi connectivity index (χ3n) is 5.02. The topological polar surface area (TPSA) is 35.6 Å². The van der Waals surface area contributed by atoms with Gasteiger partial charge < -0.3 is 15.1 Å². The lowest BCUT2D eigenvalue weighted by molar-refractivity contribution is 0.0752. The Morgan fingerprint density at radius 3 is 2.79 bits per heavy atom. The molecule has 1 N–H and O–H groups in total. The molecule has 4 heteroatoms. The van der Waals surface area contributed by atoms with Crippen molar-refractivity contribution in [3.8, 4) is 0 Å². The normalized spacial score (nSPS) is 17.5. The Kier molecular flexibility index (Phi) is 3.98. The van der Waals surface area contributed by atoms with Crippen LogP contribution in [0.4, 0.5) is 5.69 Å². The number of fused-ring (bicyclic) bond motifs is 2. The minimum absolute atomic E-state index is 0.129. The Morgan fingerprint density at radius 1 is 1.00 bits per heavy atom. The van der Waals surface area contributed by atoms with E-state index in [2.05, 4.69) is 41.5 Å². The highest BCUT2D eigenvalue weighted by atomic mass is 16.2. The molecule has 2 aromatic rings. The van der Waals surface area contributed by atoms with E-state index in [1.54, 1.807) is 0 Å². The van der Waals surface area contributed by atoms with Crippen LogP contribution in [0.5, 0.6) is 0 Å². The number of nitrogens with one attached hydrogen (secondary N) is 1. The summed E-state index contributed by atoms with van der Waals surface area (Å²) in [6, 6.07) is 14.5. The quantitative estimate of drug-likeness (QED) is 0.877. The average molecular weight is 321 g/mol. The minimum atomic E-state index is 0.129. The van der Waals surface area contributed by atoms with Gasteiger partial charge in [0.1, 0.15) is 0 Å². The van der Waals surface area contributed by atoms with Crippen molar-refractivity contribution >= 4 is 11.6 Å². The second kappa shape index (κ2) is 6.29. The van der Waals surface area contributed by atoms with Crippen LogP contribution in [0.25, 0.3) is 0 Å². The van der Waals surface area contributed by atoms with Gasteiger partial charge in [0.2, 0.25) is 0 Å². The highest BCUT2D eigenvalue weighted by Crippen LogP contribution is 2.23. The summed E-state index contributed by atoms with van der Waals surface area (Å²) in [6.45, 7) is 4.20. The lowest BCUT2D eigenvalue weighted by Crippen LogP contribution is -2.33. The molecule has 0 fully saturated rings. The molecule has 0 saturated heterocycles. The largest absolute Gasteiger partial charge is 0.383 e. The molecule has 4 nitrogen and oxygen atoms in total. The van der Waals surface area contributed by atoms with Crippen LogP contribution in [0.1, 0.15) is 27.0 Å². The van der Waals surface area contributed by atoms with Gasteiger partial charge in [0, 0.05) is 44.0 Å². The average Bonchev–Trinajstić information content (AvgIpc) is 2.82. The number of hydrogen-bond donors (Lipinski definition) is 1. The Balaban J connectivity index is 1.59. The van der Waals surface area contributed by atoms with Crippen LogP contribution in [0.15, 0.2) is 42.5 Å². The number of benzene rings is 2. The number of nitrogens with zero attached hydrogens (tertiary/aromatic N) is 2. The molecule has 0 atom stereocenters. The van der Waals surface area contributed by atoms with Gasteiger partial charge in [-0.1, -0.05) is 24.3 Å². The first-order chi connectivity index (χ1) is 11.7. The van der Waals surface area contributed by atoms with Gasteiger partial charge in [-0.05, 0) is 48.4 Å². The van der Waals surface area contributed by atoms with Crippen molar-refractivity contribution in [1.29, 1.82) is 0 Å². The molecule has 124 valence electrons. The van der Waals surface area contributed by atoms with Crippen LogP contribution in [0.3, 0.4) is 0 Å². The Hall–Kier alpha value is -2.33. The zero-order chi connectivity index (χ0) is 16.5. The van der Waals surface area contributed by atoms with Crippen LogP contribution in [-0.2, 0) is 19.5 Å². The van der Waals surface area contributed by atoms with Crippen molar-refractivity contribution in [2.45, 2.75) is 19.5 Å². The fraction of sp³-hybridized carbons (Fsp3) is 0.350. The first-order valence-corrected chi connectivity index (χ1v) is 8.62. The molecule has 0 saturated carbocycles. The maximum absolute atomic E-state index is 13.0. The molecule has 24 heavy (non-hydrogen) atoms. The van der Waals surface area contributed by atoms with Gasteiger partial charge in [-0.15, -0.1) is 0 Å². The Bertz CT molecular complexity index is 771. The summed E-state index contributed by atoms with van der Waals surface area (Å²) in [5.74, 6) is 0.129. The molecule has 1 amide bonds. The first-order valence-electron chi connectivity index (χ1n) is 8.62. The third kappa shape index (κ3) is 2.89. The highest BCUT2D eigenvalue weighted by molar-refractivity contribution is 5.94. The Morgan fingerprint density at radius 2 is 1.88 bits per heavy atom. The van der Waals surface area contributed by atoms with Gasteiger partial charge in [-0.25, -0.2) is 0 Å². The lowest BCUT2D eigenvalue weighted by atomic mass is 9.97. The summed E-state index contributed by atoms with van der Waals surface area (Å²) in [4.78, 5) is 17.3. The van der Waals surface area contributed by atoms with Crippen LogP contribution in [0.2, 0.25) is 0 Å². The van der Waals surface area contributed by atoms with Gasteiger partial charge >= 0.3 is 0 Å². The molecule has 0 radical (unpaired) electrons. The fourth-order valence-electron chi connectivity index (χ4n) is 3.63. The molecule has 0 bridgehead atoms. The zero-order valence-corrected chi connectivity index (χ0v) is 14.1. The number of anilines is 1. The van der Waals surface area contributed by atoms with Crippen LogP contribution >= 0.6 is 0 Å². The molecule has 0 unspecified atom stereocenters. The van der Waals surface area contributed by atoms with Crippen molar-refractivity contribution < 1.29 is 4.79 Å². The van der Waals surface area contributed by atoms with Crippen LogP contribution < -0.4 is 5.32 Å². The molecular formula is C20H23N3O. The second-order valence-electron chi connectivity index (χ2n) is 6.78. The van der Waals surface area contributed by atoms with E-state index in [0.29, 0.717) is 6.54 Å². The molecule has 0 aromatic heterocycles. The smallest absolute Gasteiger partial charge is 0.254 e. The van der Waals surface area contributed by atoms with E-state index in [4.69, 9.17) is 0 Å². The Labute approximate surface area is 143 Å². The predicted octanol–water partition coefficient (Wildman–Crippen LogP) is 2.74. The summed E-state index contributed by atoms with van der Waals surface area (Å²) in [5.41, 5.74) is 5.81. The number of rotatable bonds is 1. The highest BCUT2D eigenvalue weighted by Gasteiger charge is 2.21. The monoisotopic (exact) mass is 321 g/mol. The van der Waals surface area contributed by atoms with Crippen molar-refractivity contribution in [2.75, 3.05) is 32.0 Å². The van der Waals surface area contributed by atoms with Crippen LogP contribution in [0, 0.1) is 0 Å². The standard InChI is InChI=1S/C20H23N3O/c1-22-10-8-15-6-7-16(12-18(15)13-22)20(24)23-11-9-21-19-5-3-2-4-17(19)14-23/h2-7,12,21H,8-11,13-14H2,1H3. The van der Waals surface area contributed by atoms with E-state index in [0.717, 1.165) is 43.9 Å². The summed E-state index contributed by atoms with van der Waals surface area (Å²) in [5, 5.41) is 3.42. The van der Waals surface area contributed by atoms with Gasteiger partial charge in [-0.3, -0.25) is 4.79 Å². The number of carbonyl (C=O) groups is 1. The van der Waals surface area contributed by atoms with E-state index < -0.39 is 0 Å². The number of amides is 1. The second-order valence-corrected chi connectivity index (χ2v) is 6.78. The maximum atomic E-state index is 13.0. The van der Waals surface area contributed by atoms with Crippen LogP contribution in [-0.4, -0.2) is 42.4 Å². The van der Waals surface area contributed by atoms with E-state index in [1.807, 2.05) is 23.1 Å². The van der Waals surface area contributed by atoms with Crippen molar-refractivity contribution in [2.24, 2.45) is 0 Å². The number of carbonyl (C=O) groups excluding carboxylic acids is 1. The molecule has 2 aliphatic rings. The lowest BCUT2D eigenvalue weighted by Gasteiger charge is -2.26. The summed E-state index contributed by atoms with van der Waals surface area (Å²) in [7, 11) is 2.13. The summed E-state index contributed by atoms with van der Waals surface area (Å²) >= 11 is 0. The molecular weight excluding hydrogens is 298 g/mol. The molecule has 2 aliphatic heterocycles. The molecule has 0 spiro atoms. The maximum Gasteiger partial charge on any atom is 0.254 e. The SMILES string of the molecule is CN1CCc2ccc(C(=O)N3CCNc4ccccc4C3)cc2C1. The molecule has 4 rings (SSSR count). The zero-order valence-electron chi connectivity index (χ0n) is 14.1. The molecule has 0 aliphatic carbocycles. The number of likely N-dealkylation sites (N-methyl/N-ethyl adjacent to an activating group) is 1. The van der Waals surface area contributed by atoms with Gasteiger partial charge in [0.15, 0.2) is 0 Å². The summed E-state index contributed by atoms with van der Waals surface area (Å²) < 4.78 is 0. The number of hydrogen-bond acceptors (Lipinski definition) is 3. The first kappa shape index (κ1) is 15.2. The minimum Gasteiger partial charge on any atom is -0.383 e. The van der Waals surface area contributed by atoms with E-state index in [9.17, 15) is 4.79 Å². The van der Waals surface area contributed by atoms with Gasteiger partial charge in [0.25, 0.3) is 5.91 Å². The van der Waals surface area contributed by atoms with Crippen molar-refractivity contribution in [3.05, 3.63) is 64.7 Å². The van der Waals surface area contributed by atoms with E-state index in [1.165, 1.54) is 16.7 Å². The van der Waals surface area contributed by atoms with E-state index in [-0.39, 0.29) is 5.91 Å². The predicted molar refractivity (Wildman–Crippen MR) is 96.2 cm³/mol. The van der Waals surface area contributed by atoms with Gasteiger partial charge in [0.05, 0.1) is 0 Å². The third-order valence-corrected chi connectivity index (χ3v) is 5.02. The summed E-state index contributed by atoms with van der Waals surface area (Å²) in [6.07, 6.45) is 1.07. The fourth-order valence-corrected chi connectivity index (χ4v) is 3.63. The van der Waals surface area contributed by atoms with Crippen molar-refractivity contribution in [3.63, 3.8) is 0 Å². The molecule has 2 heterocycles. The molecule has 2 aromatic carbocycles. The van der Waals surface area contributed by atoms with E-state index >= 15 is 0 Å². The number of para-hydroxylation sites is 1. The van der Waals surface area contributed by atoms with Crippen molar-refractivity contribution in [1.82, 2.24) is 9.80 Å². The van der Waals surface area contributed by atoms with Gasteiger partial charge in [-0.2, -0.15) is 0 Å².